The Morgan fingerprint density at radius 3 is 1.05 bits per heavy atom. The molecule has 3 nitrogen and oxygen atoms in total. The van der Waals surface area contributed by atoms with E-state index in [0.29, 0.717) is 5.82 Å². The van der Waals surface area contributed by atoms with Crippen molar-refractivity contribution < 1.29 is 0 Å². The molecule has 2 heterocycles. The Morgan fingerprint density at radius 2 is 0.561 bits per heavy atom. The Morgan fingerprint density at radius 1 is 0.197 bits per heavy atom. The third-order valence-electron chi connectivity index (χ3n) is 12.7. The second kappa shape index (κ2) is 16.7. The lowest BCUT2D eigenvalue weighted by atomic mass is 9.83. The van der Waals surface area contributed by atoms with Crippen molar-refractivity contribution in [1.82, 2.24) is 15.0 Å². The van der Waals surface area contributed by atoms with Crippen LogP contribution in [0.3, 0.4) is 0 Å². The first-order chi connectivity index (χ1) is 32.7. The van der Waals surface area contributed by atoms with Crippen molar-refractivity contribution in [3.63, 3.8) is 0 Å². The van der Waals surface area contributed by atoms with E-state index in [4.69, 9.17) is 15.0 Å². The van der Waals surface area contributed by atoms with Gasteiger partial charge in [0.05, 0.1) is 22.8 Å². The number of pyridine rings is 1. The number of hydrogen-bond donors (Lipinski definition) is 0. The highest BCUT2D eigenvalue weighted by Gasteiger charge is 2.26. The average Bonchev–Trinajstić information content (AvgIpc) is 3.41. The third kappa shape index (κ3) is 7.00. The van der Waals surface area contributed by atoms with E-state index in [2.05, 4.69) is 231 Å². The van der Waals surface area contributed by atoms with Gasteiger partial charge in [0.1, 0.15) is 0 Å². The number of rotatable bonds is 8. The molecule has 0 bridgehead atoms. The molecule has 0 unspecified atom stereocenters. The van der Waals surface area contributed by atoms with Crippen LogP contribution in [0.25, 0.3) is 122 Å². The summed E-state index contributed by atoms with van der Waals surface area (Å²) in [6, 6.07) is 88.1. The van der Waals surface area contributed by atoms with Crippen LogP contribution < -0.4 is 0 Å². The van der Waals surface area contributed by atoms with E-state index in [-0.39, 0.29) is 0 Å². The molecule has 0 aliphatic rings. The van der Waals surface area contributed by atoms with Gasteiger partial charge >= 0.3 is 0 Å². The molecule has 10 aromatic carbocycles. The maximum absolute atomic E-state index is 5.66. The SMILES string of the molecule is c1ccc(-c2nc(-c3cccc(-c4c(-c5ccccc5)c(-c5ccccc5)nc(-c5ccccc5)c4-c4ccccc4)c3)cc(-c3ccc4c5ccccc5c5ccccc5c4c3)n2)cc1. The van der Waals surface area contributed by atoms with Crippen molar-refractivity contribution in [2.45, 2.75) is 0 Å². The zero-order chi connectivity index (χ0) is 43.8. The molecule has 0 saturated heterocycles. The highest BCUT2D eigenvalue weighted by molar-refractivity contribution is 6.25. The summed E-state index contributed by atoms with van der Waals surface area (Å²) in [6.07, 6.45) is 0. The Labute approximate surface area is 384 Å². The standard InChI is InChI=1S/C63H41N3/c1-6-21-42(22-7-1)59-58(60(43-23-8-2-9-24-43)62(45-27-12-4-13-28-45)66-61(59)44-25-10-3-11-26-44)49-32-20-31-47(39-49)56-41-57(65-63(64-56)46-29-14-5-15-30-46)48-37-38-54-52-35-17-16-33-50(52)51-34-18-19-36-53(51)55(54)40-48/h1-41H. The Bertz CT molecular complexity index is 3580. The minimum absolute atomic E-state index is 0.675. The van der Waals surface area contributed by atoms with Gasteiger partial charge in [0.15, 0.2) is 5.82 Å². The summed E-state index contributed by atoms with van der Waals surface area (Å²) in [4.78, 5) is 16.3. The smallest absolute Gasteiger partial charge is 0.160 e. The molecule has 2 aromatic heterocycles. The van der Waals surface area contributed by atoms with Crippen molar-refractivity contribution >= 4 is 32.3 Å². The molecule has 0 amide bonds. The summed E-state index contributed by atoms with van der Waals surface area (Å²) in [5.41, 5.74) is 15.1. The molecule has 3 heteroatoms. The summed E-state index contributed by atoms with van der Waals surface area (Å²) in [5.74, 6) is 0.675. The summed E-state index contributed by atoms with van der Waals surface area (Å²) in [6.45, 7) is 0. The highest BCUT2D eigenvalue weighted by Crippen LogP contribution is 2.49. The largest absolute Gasteiger partial charge is 0.246 e. The monoisotopic (exact) mass is 839 g/mol. The lowest BCUT2D eigenvalue weighted by Gasteiger charge is -2.23. The van der Waals surface area contributed by atoms with Gasteiger partial charge in [0.2, 0.25) is 0 Å². The third-order valence-corrected chi connectivity index (χ3v) is 12.7. The Balaban J connectivity index is 1.12. The number of hydrogen-bond acceptors (Lipinski definition) is 3. The summed E-state index contributed by atoms with van der Waals surface area (Å²) < 4.78 is 0. The first kappa shape index (κ1) is 38.9. The number of nitrogens with zero attached hydrogens (tertiary/aromatic N) is 3. The van der Waals surface area contributed by atoms with Gasteiger partial charge in [0, 0.05) is 44.5 Å². The molecule has 0 spiro atoms. The highest BCUT2D eigenvalue weighted by atomic mass is 14.9. The van der Waals surface area contributed by atoms with Gasteiger partial charge in [-0.2, -0.15) is 0 Å². The lowest BCUT2D eigenvalue weighted by molar-refractivity contribution is 1.18. The van der Waals surface area contributed by atoms with Crippen LogP contribution in [-0.4, -0.2) is 15.0 Å². The van der Waals surface area contributed by atoms with Gasteiger partial charge in [-0.3, -0.25) is 0 Å². The molecule has 0 saturated carbocycles. The lowest BCUT2D eigenvalue weighted by Crippen LogP contribution is -2.02. The van der Waals surface area contributed by atoms with Crippen LogP contribution in [0.5, 0.6) is 0 Å². The van der Waals surface area contributed by atoms with Crippen LogP contribution >= 0.6 is 0 Å². The molecule has 12 aromatic rings. The quantitative estimate of drug-likeness (QED) is 0.143. The molecule has 308 valence electrons. The van der Waals surface area contributed by atoms with Crippen molar-refractivity contribution in [2.24, 2.45) is 0 Å². The topological polar surface area (TPSA) is 38.7 Å². The Hall–Kier alpha value is -8.79. The average molecular weight is 840 g/mol. The van der Waals surface area contributed by atoms with Crippen molar-refractivity contribution in [2.75, 3.05) is 0 Å². The van der Waals surface area contributed by atoms with Crippen LogP contribution in [0.15, 0.2) is 249 Å². The van der Waals surface area contributed by atoms with E-state index >= 15 is 0 Å². The first-order valence-corrected chi connectivity index (χ1v) is 22.4. The minimum Gasteiger partial charge on any atom is -0.246 e. The molecule has 0 radical (unpaired) electrons. The summed E-state index contributed by atoms with van der Waals surface area (Å²) in [7, 11) is 0. The molecule has 0 aliphatic carbocycles. The fraction of sp³-hybridized carbons (Fsp3) is 0. The fourth-order valence-electron chi connectivity index (χ4n) is 9.62. The van der Waals surface area contributed by atoms with Gasteiger partial charge in [-0.25, -0.2) is 15.0 Å². The normalized spacial score (nSPS) is 11.3. The van der Waals surface area contributed by atoms with E-state index in [1.54, 1.807) is 0 Å². The van der Waals surface area contributed by atoms with Gasteiger partial charge in [-0.05, 0) is 67.2 Å². The maximum Gasteiger partial charge on any atom is 0.160 e. The summed E-state index contributed by atoms with van der Waals surface area (Å²) in [5, 5.41) is 7.40. The molecule has 0 N–H and O–H groups in total. The molecule has 0 atom stereocenters. The van der Waals surface area contributed by atoms with Crippen molar-refractivity contribution in [3.05, 3.63) is 249 Å². The van der Waals surface area contributed by atoms with E-state index in [1.807, 2.05) is 18.2 Å². The molecule has 0 aliphatic heterocycles. The van der Waals surface area contributed by atoms with Gasteiger partial charge in [-0.1, -0.05) is 231 Å². The number of fused-ring (bicyclic) bond motifs is 6. The Kier molecular flexibility index (Phi) is 9.85. The van der Waals surface area contributed by atoms with Crippen LogP contribution in [0.4, 0.5) is 0 Å². The number of aromatic nitrogens is 3. The first-order valence-electron chi connectivity index (χ1n) is 22.4. The van der Waals surface area contributed by atoms with Gasteiger partial charge in [0.25, 0.3) is 0 Å². The van der Waals surface area contributed by atoms with Crippen LogP contribution in [-0.2, 0) is 0 Å². The maximum atomic E-state index is 5.66. The zero-order valence-corrected chi connectivity index (χ0v) is 36.0. The van der Waals surface area contributed by atoms with Crippen LogP contribution in [0, 0.1) is 0 Å². The molecular formula is C63H41N3. The molecule has 12 rings (SSSR count). The predicted octanol–water partition coefficient (Wildman–Crippen LogP) is 16.7. The summed E-state index contributed by atoms with van der Waals surface area (Å²) >= 11 is 0. The second-order valence-electron chi connectivity index (χ2n) is 16.7. The van der Waals surface area contributed by atoms with E-state index < -0.39 is 0 Å². The molecule has 66 heavy (non-hydrogen) atoms. The van der Waals surface area contributed by atoms with Crippen molar-refractivity contribution in [3.8, 4) is 89.8 Å². The van der Waals surface area contributed by atoms with Crippen LogP contribution in [0.2, 0.25) is 0 Å². The van der Waals surface area contributed by atoms with Gasteiger partial charge in [-0.15, -0.1) is 0 Å². The van der Waals surface area contributed by atoms with E-state index in [0.717, 1.165) is 84.0 Å². The molecular weight excluding hydrogens is 799 g/mol. The zero-order valence-electron chi connectivity index (χ0n) is 36.0. The van der Waals surface area contributed by atoms with Crippen molar-refractivity contribution in [1.29, 1.82) is 0 Å². The fourth-order valence-corrected chi connectivity index (χ4v) is 9.62. The number of benzene rings is 10. The molecule has 0 fully saturated rings. The van der Waals surface area contributed by atoms with Crippen LogP contribution in [0.1, 0.15) is 0 Å². The van der Waals surface area contributed by atoms with E-state index in [1.165, 1.54) is 32.3 Å². The minimum atomic E-state index is 0.675. The van der Waals surface area contributed by atoms with Gasteiger partial charge < -0.3 is 0 Å². The second-order valence-corrected chi connectivity index (χ2v) is 16.7. The predicted molar refractivity (Wildman–Crippen MR) is 276 cm³/mol. The van der Waals surface area contributed by atoms with E-state index in [9.17, 15) is 0 Å².